The molecule has 0 aliphatic carbocycles. The SMILES string of the molecule is CC(=O)CCCCCCCCCCCCO. The van der Waals surface area contributed by atoms with Gasteiger partial charge in [-0.25, -0.2) is 0 Å². The molecule has 0 heterocycles. The lowest BCUT2D eigenvalue weighted by atomic mass is 10.1. The topological polar surface area (TPSA) is 37.3 Å². The van der Waals surface area contributed by atoms with Gasteiger partial charge in [0.1, 0.15) is 5.78 Å². The van der Waals surface area contributed by atoms with Crippen LogP contribution in [0, 0.1) is 0 Å². The highest BCUT2D eigenvalue weighted by molar-refractivity contribution is 5.75. The molecule has 0 saturated heterocycles. The van der Waals surface area contributed by atoms with Crippen molar-refractivity contribution in [3.8, 4) is 0 Å². The molecule has 0 radical (unpaired) electrons. The second kappa shape index (κ2) is 12.7. The van der Waals surface area contributed by atoms with E-state index >= 15 is 0 Å². The van der Waals surface area contributed by atoms with Crippen molar-refractivity contribution >= 4 is 5.78 Å². The Hall–Kier alpha value is -0.370. The molecule has 0 bridgehead atoms. The average molecular weight is 228 g/mol. The number of rotatable bonds is 12. The second-order valence-electron chi connectivity index (χ2n) is 4.71. The normalized spacial score (nSPS) is 10.6. The van der Waals surface area contributed by atoms with Gasteiger partial charge < -0.3 is 9.90 Å². The van der Waals surface area contributed by atoms with Crippen LogP contribution in [0.1, 0.15) is 77.6 Å². The lowest BCUT2D eigenvalue weighted by molar-refractivity contribution is -0.117. The van der Waals surface area contributed by atoms with E-state index in [9.17, 15) is 4.79 Å². The van der Waals surface area contributed by atoms with Gasteiger partial charge in [0.25, 0.3) is 0 Å². The lowest BCUT2D eigenvalue weighted by Gasteiger charge is -2.01. The van der Waals surface area contributed by atoms with Crippen LogP contribution in [0.3, 0.4) is 0 Å². The minimum atomic E-state index is 0.323. The van der Waals surface area contributed by atoms with E-state index in [0.29, 0.717) is 12.4 Å². The third kappa shape index (κ3) is 13.6. The van der Waals surface area contributed by atoms with Gasteiger partial charge in [-0.05, 0) is 19.8 Å². The summed E-state index contributed by atoms with van der Waals surface area (Å²) in [5.74, 6) is 0.323. The van der Waals surface area contributed by atoms with Crippen LogP contribution in [0.25, 0.3) is 0 Å². The van der Waals surface area contributed by atoms with Gasteiger partial charge >= 0.3 is 0 Å². The number of aliphatic hydroxyl groups is 1. The first-order valence-electron chi connectivity index (χ1n) is 6.87. The molecular weight excluding hydrogens is 200 g/mol. The molecule has 96 valence electrons. The number of carbonyl (C=O) groups excluding carboxylic acids is 1. The van der Waals surface area contributed by atoms with Crippen molar-refractivity contribution in [1.29, 1.82) is 0 Å². The highest BCUT2D eigenvalue weighted by Gasteiger charge is 1.95. The van der Waals surface area contributed by atoms with Crippen LogP contribution < -0.4 is 0 Å². The predicted molar refractivity (Wildman–Crippen MR) is 68.6 cm³/mol. The van der Waals surface area contributed by atoms with Crippen LogP contribution in [0.2, 0.25) is 0 Å². The largest absolute Gasteiger partial charge is 0.396 e. The van der Waals surface area contributed by atoms with Crippen LogP contribution in [-0.4, -0.2) is 17.5 Å². The molecule has 0 atom stereocenters. The van der Waals surface area contributed by atoms with Crippen molar-refractivity contribution in [3.05, 3.63) is 0 Å². The zero-order valence-corrected chi connectivity index (χ0v) is 10.8. The first-order chi connectivity index (χ1) is 7.77. The molecule has 0 aromatic carbocycles. The van der Waals surface area contributed by atoms with Crippen molar-refractivity contribution in [3.63, 3.8) is 0 Å². The fourth-order valence-corrected chi connectivity index (χ4v) is 1.90. The first kappa shape index (κ1) is 15.6. The molecule has 0 unspecified atom stereocenters. The number of ketones is 1. The summed E-state index contributed by atoms with van der Waals surface area (Å²) in [6, 6.07) is 0. The minimum Gasteiger partial charge on any atom is -0.396 e. The Morgan fingerprint density at radius 1 is 0.750 bits per heavy atom. The maximum absolute atomic E-state index is 10.7. The Morgan fingerprint density at radius 2 is 1.12 bits per heavy atom. The second-order valence-corrected chi connectivity index (χ2v) is 4.71. The zero-order chi connectivity index (χ0) is 12.1. The lowest BCUT2D eigenvalue weighted by Crippen LogP contribution is -1.89. The van der Waals surface area contributed by atoms with Crippen LogP contribution in [0.5, 0.6) is 0 Å². The molecule has 0 fully saturated rings. The third-order valence-electron chi connectivity index (χ3n) is 2.94. The van der Waals surface area contributed by atoms with Gasteiger partial charge in [-0.2, -0.15) is 0 Å². The summed E-state index contributed by atoms with van der Waals surface area (Å²) in [5, 5.41) is 8.60. The monoisotopic (exact) mass is 228 g/mol. The van der Waals surface area contributed by atoms with E-state index in [-0.39, 0.29) is 0 Å². The minimum absolute atomic E-state index is 0.323. The summed E-state index contributed by atoms with van der Waals surface area (Å²) in [5.41, 5.74) is 0. The molecule has 0 saturated carbocycles. The zero-order valence-electron chi connectivity index (χ0n) is 10.8. The summed E-state index contributed by atoms with van der Waals surface area (Å²) < 4.78 is 0. The first-order valence-corrected chi connectivity index (χ1v) is 6.87. The molecule has 0 aliphatic rings. The fourth-order valence-electron chi connectivity index (χ4n) is 1.90. The van der Waals surface area contributed by atoms with Crippen LogP contribution >= 0.6 is 0 Å². The Morgan fingerprint density at radius 3 is 1.50 bits per heavy atom. The summed E-state index contributed by atoms with van der Waals surface area (Å²) in [6.45, 7) is 2.02. The molecular formula is C14H28O2. The van der Waals surface area contributed by atoms with Gasteiger partial charge in [0.05, 0.1) is 0 Å². The van der Waals surface area contributed by atoms with Crippen LogP contribution in [0.15, 0.2) is 0 Å². The van der Waals surface area contributed by atoms with E-state index < -0.39 is 0 Å². The molecule has 0 rings (SSSR count). The summed E-state index contributed by atoms with van der Waals surface area (Å²) in [6.07, 6.45) is 13.0. The Balaban J connectivity index is 2.90. The van der Waals surface area contributed by atoms with Crippen molar-refractivity contribution in [2.75, 3.05) is 6.61 Å². The van der Waals surface area contributed by atoms with Crippen molar-refractivity contribution in [2.24, 2.45) is 0 Å². The molecule has 2 heteroatoms. The van der Waals surface area contributed by atoms with E-state index in [2.05, 4.69) is 0 Å². The molecule has 0 amide bonds. The summed E-state index contributed by atoms with van der Waals surface area (Å²) in [7, 11) is 0. The smallest absolute Gasteiger partial charge is 0.129 e. The van der Waals surface area contributed by atoms with E-state index in [1.165, 1.54) is 51.4 Å². The van der Waals surface area contributed by atoms with Crippen LogP contribution in [0.4, 0.5) is 0 Å². The number of hydrogen-bond acceptors (Lipinski definition) is 2. The number of Topliss-reactive ketones (excluding diaryl/α,β-unsaturated/α-hetero) is 1. The van der Waals surface area contributed by atoms with E-state index in [0.717, 1.165) is 19.3 Å². The van der Waals surface area contributed by atoms with Gasteiger partial charge in [-0.3, -0.25) is 0 Å². The van der Waals surface area contributed by atoms with Gasteiger partial charge in [-0.1, -0.05) is 51.4 Å². The number of unbranched alkanes of at least 4 members (excludes halogenated alkanes) is 9. The average Bonchev–Trinajstić information content (AvgIpc) is 2.25. The van der Waals surface area contributed by atoms with Gasteiger partial charge in [-0.15, -0.1) is 0 Å². The molecule has 0 spiro atoms. The van der Waals surface area contributed by atoms with E-state index in [1.54, 1.807) is 6.92 Å². The van der Waals surface area contributed by atoms with Crippen molar-refractivity contribution < 1.29 is 9.90 Å². The molecule has 0 aromatic heterocycles. The Labute approximate surface area is 100 Å². The third-order valence-corrected chi connectivity index (χ3v) is 2.94. The van der Waals surface area contributed by atoms with Crippen molar-refractivity contribution in [2.45, 2.75) is 77.6 Å². The van der Waals surface area contributed by atoms with Gasteiger partial charge in [0.2, 0.25) is 0 Å². The maximum atomic E-state index is 10.7. The van der Waals surface area contributed by atoms with Gasteiger partial charge in [0, 0.05) is 13.0 Å². The fraction of sp³-hybridized carbons (Fsp3) is 0.929. The molecule has 16 heavy (non-hydrogen) atoms. The highest BCUT2D eigenvalue weighted by Crippen LogP contribution is 2.11. The quantitative estimate of drug-likeness (QED) is 0.515. The maximum Gasteiger partial charge on any atom is 0.129 e. The van der Waals surface area contributed by atoms with E-state index in [4.69, 9.17) is 5.11 Å². The summed E-state index contributed by atoms with van der Waals surface area (Å²) >= 11 is 0. The summed E-state index contributed by atoms with van der Waals surface area (Å²) in [4.78, 5) is 10.7. The molecule has 2 nitrogen and oxygen atoms in total. The molecule has 0 aliphatic heterocycles. The number of carbonyl (C=O) groups is 1. The number of hydrogen-bond donors (Lipinski definition) is 1. The molecule has 1 N–H and O–H groups in total. The highest BCUT2D eigenvalue weighted by atomic mass is 16.2. The number of aliphatic hydroxyl groups excluding tert-OH is 1. The standard InChI is InChI=1S/C14H28O2/c1-14(16)12-10-8-6-4-2-3-5-7-9-11-13-15/h15H,2-13H2,1H3. The van der Waals surface area contributed by atoms with Gasteiger partial charge in [0.15, 0.2) is 0 Å². The Bertz CT molecular complexity index is 155. The van der Waals surface area contributed by atoms with Crippen LogP contribution in [-0.2, 0) is 4.79 Å². The van der Waals surface area contributed by atoms with E-state index in [1.807, 2.05) is 0 Å². The predicted octanol–water partition coefficient (Wildman–Crippen LogP) is 3.86. The Kier molecular flexibility index (Phi) is 12.4. The molecule has 0 aromatic rings. The van der Waals surface area contributed by atoms with Crippen molar-refractivity contribution in [1.82, 2.24) is 0 Å².